The molecule has 0 aromatic rings. The largest absolute Gasteiger partial charge is 0.480 e. The van der Waals surface area contributed by atoms with Gasteiger partial charge in [0.05, 0.1) is 0 Å². The van der Waals surface area contributed by atoms with Gasteiger partial charge in [-0.3, -0.25) is 4.79 Å². The zero-order valence-electron chi connectivity index (χ0n) is 12.7. The number of nitrogens with one attached hydrogen (secondary N) is 2. The number of likely N-dealkylation sites (tertiary alicyclic amines) is 1. The number of aliphatic carboxylic acids is 1. The molecule has 0 spiro atoms. The average Bonchev–Trinajstić information content (AvgIpc) is 2.46. The fourth-order valence-corrected chi connectivity index (χ4v) is 2.26. The maximum absolute atomic E-state index is 12.0. The van der Waals surface area contributed by atoms with Gasteiger partial charge < -0.3 is 20.6 Å². The lowest BCUT2D eigenvalue weighted by Crippen LogP contribution is -2.52. The van der Waals surface area contributed by atoms with Crippen LogP contribution in [-0.2, 0) is 9.59 Å². The van der Waals surface area contributed by atoms with Crippen LogP contribution in [0.3, 0.4) is 0 Å². The van der Waals surface area contributed by atoms with Crippen molar-refractivity contribution in [1.29, 1.82) is 0 Å². The fraction of sp³-hybridized carbons (Fsp3) is 0.786. The Morgan fingerprint density at radius 3 is 2.67 bits per heavy atom. The summed E-state index contributed by atoms with van der Waals surface area (Å²) in [6, 6.07) is -1.04. The number of carboxylic acid groups (broad SMARTS) is 1. The second-order valence-electron chi connectivity index (χ2n) is 5.40. The number of urea groups is 1. The highest BCUT2D eigenvalue weighted by molar-refractivity contribution is 5.83. The predicted octanol–water partition coefficient (Wildman–Crippen LogP) is 0.940. The number of carboxylic acids is 1. The van der Waals surface area contributed by atoms with E-state index in [-0.39, 0.29) is 24.9 Å². The molecule has 0 aromatic heterocycles. The van der Waals surface area contributed by atoms with Crippen LogP contribution in [0.2, 0.25) is 0 Å². The summed E-state index contributed by atoms with van der Waals surface area (Å²) in [6.45, 7) is 4.56. The van der Waals surface area contributed by atoms with Crippen molar-refractivity contribution >= 4 is 17.9 Å². The van der Waals surface area contributed by atoms with Crippen LogP contribution in [0, 0.1) is 0 Å². The molecule has 2 atom stereocenters. The third-order valence-electron chi connectivity index (χ3n) is 3.70. The van der Waals surface area contributed by atoms with Crippen molar-refractivity contribution in [2.45, 2.75) is 58.0 Å². The van der Waals surface area contributed by atoms with Crippen LogP contribution >= 0.6 is 0 Å². The van der Waals surface area contributed by atoms with E-state index in [9.17, 15) is 14.4 Å². The first-order valence-electron chi connectivity index (χ1n) is 7.52. The summed E-state index contributed by atoms with van der Waals surface area (Å²) in [4.78, 5) is 36.0. The van der Waals surface area contributed by atoms with Crippen molar-refractivity contribution in [1.82, 2.24) is 15.5 Å². The SMILES string of the molecule is CCC(C)NC(=O)CCNC(=O)N1CCCCC1C(=O)O. The molecule has 0 radical (unpaired) electrons. The summed E-state index contributed by atoms with van der Waals surface area (Å²) in [5.41, 5.74) is 0. The highest BCUT2D eigenvalue weighted by Gasteiger charge is 2.31. The quantitative estimate of drug-likeness (QED) is 0.679. The van der Waals surface area contributed by atoms with E-state index in [1.165, 1.54) is 4.90 Å². The third-order valence-corrected chi connectivity index (χ3v) is 3.70. The average molecular weight is 299 g/mol. The standard InChI is InChI=1S/C14H25N3O4/c1-3-10(2)16-12(18)7-8-15-14(21)17-9-5-4-6-11(17)13(19)20/h10-11H,3-9H2,1-2H3,(H,15,21)(H,16,18)(H,19,20). The Balaban J connectivity index is 2.35. The highest BCUT2D eigenvalue weighted by Crippen LogP contribution is 2.17. The van der Waals surface area contributed by atoms with Gasteiger partial charge in [0.25, 0.3) is 0 Å². The van der Waals surface area contributed by atoms with E-state index in [1.54, 1.807) is 0 Å². The molecule has 0 saturated carbocycles. The molecule has 21 heavy (non-hydrogen) atoms. The molecule has 1 aliphatic rings. The molecule has 0 aromatic carbocycles. The molecule has 0 bridgehead atoms. The molecule has 1 saturated heterocycles. The van der Waals surface area contributed by atoms with Crippen LogP contribution in [0.25, 0.3) is 0 Å². The highest BCUT2D eigenvalue weighted by atomic mass is 16.4. The summed E-state index contributed by atoms with van der Waals surface area (Å²) >= 11 is 0. The van der Waals surface area contributed by atoms with Crippen LogP contribution in [0.1, 0.15) is 46.0 Å². The van der Waals surface area contributed by atoms with Crippen LogP contribution in [-0.4, -0.2) is 53.1 Å². The third kappa shape index (κ3) is 5.61. The molecule has 120 valence electrons. The Hall–Kier alpha value is -1.79. The molecule has 1 heterocycles. The number of nitrogens with zero attached hydrogens (tertiary/aromatic N) is 1. The zero-order valence-corrected chi connectivity index (χ0v) is 12.7. The van der Waals surface area contributed by atoms with Gasteiger partial charge in [-0.2, -0.15) is 0 Å². The van der Waals surface area contributed by atoms with Gasteiger partial charge in [-0.25, -0.2) is 9.59 Å². The van der Waals surface area contributed by atoms with Gasteiger partial charge >= 0.3 is 12.0 Å². The molecular weight excluding hydrogens is 274 g/mol. The number of carbonyl (C=O) groups is 3. The molecule has 0 aliphatic carbocycles. The molecular formula is C14H25N3O4. The molecule has 3 N–H and O–H groups in total. The lowest BCUT2D eigenvalue weighted by molar-refractivity contribution is -0.143. The Morgan fingerprint density at radius 2 is 2.05 bits per heavy atom. The lowest BCUT2D eigenvalue weighted by atomic mass is 10.0. The van der Waals surface area contributed by atoms with Crippen LogP contribution in [0.4, 0.5) is 4.79 Å². The molecule has 1 rings (SSSR count). The summed E-state index contributed by atoms with van der Waals surface area (Å²) in [6.07, 6.45) is 3.16. The monoisotopic (exact) mass is 299 g/mol. The molecule has 1 fully saturated rings. The van der Waals surface area contributed by atoms with E-state index in [0.717, 1.165) is 19.3 Å². The van der Waals surface area contributed by atoms with Crippen molar-refractivity contribution in [3.8, 4) is 0 Å². The number of amides is 3. The van der Waals surface area contributed by atoms with Crippen molar-refractivity contribution in [3.63, 3.8) is 0 Å². The molecule has 3 amide bonds. The molecule has 7 heteroatoms. The Kier molecular flexibility index (Phi) is 6.98. The van der Waals surface area contributed by atoms with E-state index in [1.807, 2.05) is 13.8 Å². The van der Waals surface area contributed by atoms with E-state index < -0.39 is 18.0 Å². The van der Waals surface area contributed by atoms with Crippen molar-refractivity contribution in [2.75, 3.05) is 13.1 Å². The number of rotatable bonds is 6. The summed E-state index contributed by atoms with van der Waals surface area (Å²) in [7, 11) is 0. The minimum Gasteiger partial charge on any atom is -0.480 e. The number of carbonyl (C=O) groups excluding carboxylic acids is 2. The van der Waals surface area contributed by atoms with Gasteiger partial charge in [-0.05, 0) is 32.6 Å². The van der Waals surface area contributed by atoms with Gasteiger partial charge in [-0.1, -0.05) is 6.92 Å². The summed E-state index contributed by atoms with van der Waals surface area (Å²) in [5, 5.41) is 14.5. The van der Waals surface area contributed by atoms with Crippen LogP contribution < -0.4 is 10.6 Å². The van der Waals surface area contributed by atoms with E-state index in [0.29, 0.717) is 13.0 Å². The minimum atomic E-state index is -0.973. The maximum Gasteiger partial charge on any atom is 0.326 e. The fourth-order valence-electron chi connectivity index (χ4n) is 2.26. The van der Waals surface area contributed by atoms with E-state index >= 15 is 0 Å². The predicted molar refractivity (Wildman–Crippen MR) is 77.9 cm³/mol. The lowest BCUT2D eigenvalue weighted by Gasteiger charge is -2.32. The summed E-state index contributed by atoms with van der Waals surface area (Å²) in [5.74, 6) is -1.09. The Bertz CT molecular complexity index is 386. The van der Waals surface area contributed by atoms with Crippen LogP contribution in [0.15, 0.2) is 0 Å². The Morgan fingerprint density at radius 1 is 1.33 bits per heavy atom. The van der Waals surface area contributed by atoms with Crippen LogP contribution in [0.5, 0.6) is 0 Å². The van der Waals surface area contributed by atoms with Gasteiger partial charge in [-0.15, -0.1) is 0 Å². The van der Waals surface area contributed by atoms with Crippen molar-refractivity contribution < 1.29 is 19.5 Å². The van der Waals surface area contributed by atoms with Gasteiger partial charge in [0.2, 0.25) is 5.91 Å². The van der Waals surface area contributed by atoms with Gasteiger partial charge in [0, 0.05) is 25.6 Å². The van der Waals surface area contributed by atoms with E-state index in [2.05, 4.69) is 10.6 Å². The smallest absolute Gasteiger partial charge is 0.326 e. The Labute approximate surface area is 125 Å². The topological polar surface area (TPSA) is 98.7 Å². The normalized spacial score (nSPS) is 19.7. The number of hydrogen-bond acceptors (Lipinski definition) is 3. The zero-order chi connectivity index (χ0) is 15.8. The second kappa shape index (κ2) is 8.49. The van der Waals surface area contributed by atoms with E-state index in [4.69, 9.17) is 5.11 Å². The van der Waals surface area contributed by atoms with Crippen molar-refractivity contribution in [2.24, 2.45) is 0 Å². The number of hydrogen-bond donors (Lipinski definition) is 3. The first-order valence-corrected chi connectivity index (χ1v) is 7.52. The molecule has 2 unspecified atom stereocenters. The molecule has 1 aliphatic heterocycles. The second-order valence-corrected chi connectivity index (χ2v) is 5.40. The first-order chi connectivity index (χ1) is 9.95. The van der Waals surface area contributed by atoms with Gasteiger partial charge in [0.1, 0.15) is 6.04 Å². The number of piperidine rings is 1. The molecule has 7 nitrogen and oxygen atoms in total. The minimum absolute atomic E-state index is 0.113. The first kappa shape index (κ1) is 17.3. The van der Waals surface area contributed by atoms with Crippen molar-refractivity contribution in [3.05, 3.63) is 0 Å². The summed E-state index contributed by atoms with van der Waals surface area (Å²) < 4.78 is 0. The van der Waals surface area contributed by atoms with Gasteiger partial charge in [0.15, 0.2) is 0 Å². The maximum atomic E-state index is 12.0.